The Bertz CT molecular complexity index is 435. The number of hydrogen-bond donors (Lipinski definition) is 0. The molecule has 1 heterocycles. The second-order valence-electron chi connectivity index (χ2n) is 1.96. The van der Waals surface area contributed by atoms with Crippen LogP contribution in [0.1, 0.15) is 0 Å². The average Bonchev–Trinajstić information content (AvgIpc) is 2.49. The Labute approximate surface area is 85.3 Å². The van der Waals surface area contributed by atoms with Gasteiger partial charge in [0.25, 0.3) is 0 Å². The summed E-state index contributed by atoms with van der Waals surface area (Å²) in [5, 5.41) is 30.3. The van der Waals surface area contributed by atoms with Gasteiger partial charge in [0.2, 0.25) is 0 Å². The summed E-state index contributed by atoms with van der Waals surface area (Å²) in [6.45, 7) is 0. The van der Waals surface area contributed by atoms with E-state index in [1.165, 1.54) is 0 Å². The number of nitrogens with zero attached hydrogens (tertiary/aromatic N) is 3. The summed E-state index contributed by atoms with van der Waals surface area (Å²) < 4.78 is 0.0317. The summed E-state index contributed by atoms with van der Waals surface area (Å²) in [6, 6.07) is 0.852. The zero-order valence-electron chi connectivity index (χ0n) is 6.37. The molecule has 0 saturated carbocycles. The van der Waals surface area contributed by atoms with Crippen LogP contribution in [0.4, 0.5) is 10.7 Å². The minimum atomic E-state index is -0.747. The van der Waals surface area contributed by atoms with Gasteiger partial charge in [0.15, 0.2) is 4.21 Å². The van der Waals surface area contributed by atoms with Crippen LogP contribution in [0.5, 0.6) is 0 Å². The topological polar surface area (TPSA) is 110 Å². The second-order valence-corrected chi connectivity index (χ2v) is 4.05. The van der Waals surface area contributed by atoms with Crippen LogP contribution in [0.25, 0.3) is 0 Å². The van der Waals surface area contributed by atoms with Crippen LogP contribution in [-0.2, 0) is 0 Å². The van der Waals surface area contributed by atoms with Crippen molar-refractivity contribution < 1.29 is 9.85 Å². The highest BCUT2D eigenvalue weighted by molar-refractivity contribution is 8.05. The lowest BCUT2D eigenvalue weighted by molar-refractivity contribution is -0.391. The predicted molar refractivity (Wildman–Crippen MR) is 49.1 cm³/mol. The molecule has 0 N–H and O–H groups in total. The summed E-state index contributed by atoms with van der Waals surface area (Å²) in [6.07, 6.45) is 0. The van der Waals surface area contributed by atoms with Gasteiger partial charge in [-0.15, -0.1) is 0 Å². The normalized spacial score (nSPS) is 9.36. The Kier molecular flexibility index (Phi) is 3.00. The maximum absolute atomic E-state index is 10.4. The maximum Gasteiger partial charge on any atom is 0.332 e. The summed E-state index contributed by atoms with van der Waals surface area (Å²) in [7, 11) is 0. The van der Waals surface area contributed by atoms with E-state index < -0.39 is 15.5 Å². The van der Waals surface area contributed by atoms with Gasteiger partial charge in [-0.05, 0) is 11.3 Å². The van der Waals surface area contributed by atoms with E-state index in [1.54, 1.807) is 5.40 Å². The Morgan fingerprint density at radius 3 is 2.50 bits per heavy atom. The van der Waals surface area contributed by atoms with E-state index in [4.69, 9.17) is 5.26 Å². The summed E-state index contributed by atoms with van der Waals surface area (Å²) in [5.41, 5.74) is -0.395. The molecule has 0 amide bonds. The first kappa shape index (κ1) is 10.4. The molecule has 14 heavy (non-hydrogen) atoms. The van der Waals surface area contributed by atoms with Crippen molar-refractivity contribution in [2.24, 2.45) is 0 Å². The van der Waals surface area contributed by atoms with Crippen LogP contribution >= 0.6 is 23.1 Å². The quantitative estimate of drug-likeness (QED) is 0.341. The van der Waals surface area contributed by atoms with Gasteiger partial charge in [0.1, 0.15) is 11.5 Å². The third-order valence-electron chi connectivity index (χ3n) is 1.18. The lowest BCUT2D eigenvalue weighted by Crippen LogP contribution is -1.86. The number of nitriles is 1. The Morgan fingerprint density at radius 1 is 1.43 bits per heavy atom. The maximum atomic E-state index is 10.4. The van der Waals surface area contributed by atoms with E-state index in [1.807, 2.05) is 0 Å². The number of thiocyanates is 1. The van der Waals surface area contributed by atoms with Crippen molar-refractivity contribution in [3.63, 3.8) is 0 Å². The summed E-state index contributed by atoms with van der Waals surface area (Å²) in [4.78, 5) is 19.2. The van der Waals surface area contributed by atoms with Crippen molar-refractivity contribution in [1.82, 2.24) is 0 Å². The van der Waals surface area contributed by atoms with Crippen LogP contribution in [0.15, 0.2) is 10.3 Å². The van der Waals surface area contributed by atoms with Crippen LogP contribution < -0.4 is 0 Å². The molecule has 0 fully saturated rings. The van der Waals surface area contributed by atoms with E-state index >= 15 is 0 Å². The van der Waals surface area contributed by atoms with E-state index in [0.717, 1.165) is 6.07 Å². The van der Waals surface area contributed by atoms with Gasteiger partial charge in [-0.1, -0.05) is 0 Å². The van der Waals surface area contributed by atoms with Gasteiger partial charge in [-0.3, -0.25) is 20.2 Å². The molecular formula is C5HN3O4S2. The van der Waals surface area contributed by atoms with Gasteiger partial charge < -0.3 is 0 Å². The first-order chi connectivity index (χ1) is 6.56. The molecule has 0 saturated heterocycles. The monoisotopic (exact) mass is 231 g/mol. The lowest BCUT2D eigenvalue weighted by Gasteiger charge is -1.85. The smallest absolute Gasteiger partial charge is 0.258 e. The van der Waals surface area contributed by atoms with E-state index in [-0.39, 0.29) is 9.21 Å². The minimum absolute atomic E-state index is 0.0317. The van der Waals surface area contributed by atoms with Crippen molar-refractivity contribution >= 4 is 33.8 Å². The molecule has 0 unspecified atom stereocenters. The molecule has 7 nitrogen and oxygen atoms in total. The van der Waals surface area contributed by atoms with Crippen LogP contribution in [-0.4, -0.2) is 9.85 Å². The molecule has 0 spiro atoms. The van der Waals surface area contributed by atoms with Crippen molar-refractivity contribution in [3.05, 3.63) is 26.3 Å². The van der Waals surface area contributed by atoms with Crippen molar-refractivity contribution in [2.75, 3.05) is 0 Å². The first-order valence-electron chi connectivity index (χ1n) is 3.04. The molecule has 1 aromatic rings. The van der Waals surface area contributed by atoms with Crippen molar-refractivity contribution in [3.8, 4) is 5.40 Å². The molecule has 0 atom stereocenters. The molecule has 0 aromatic carbocycles. The van der Waals surface area contributed by atoms with E-state index in [2.05, 4.69) is 0 Å². The zero-order valence-corrected chi connectivity index (χ0v) is 8.00. The Hall–Kier alpha value is -1.66. The minimum Gasteiger partial charge on any atom is -0.258 e. The highest BCUT2D eigenvalue weighted by atomic mass is 32.2. The fourth-order valence-corrected chi connectivity index (χ4v) is 2.21. The van der Waals surface area contributed by atoms with Gasteiger partial charge in [-0.2, -0.15) is 5.26 Å². The number of thioether (sulfide) groups is 1. The van der Waals surface area contributed by atoms with Gasteiger partial charge >= 0.3 is 10.7 Å². The first-order valence-corrected chi connectivity index (χ1v) is 4.68. The highest BCUT2D eigenvalue weighted by Gasteiger charge is 2.25. The fourth-order valence-electron chi connectivity index (χ4n) is 0.684. The molecular weight excluding hydrogens is 230 g/mol. The number of nitro groups is 2. The molecule has 72 valence electrons. The molecule has 0 bridgehead atoms. The lowest BCUT2D eigenvalue weighted by atomic mass is 10.5. The van der Waals surface area contributed by atoms with Crippen LogP contribution in [0.2, 0.25) is 0 Å². The predicted octanol–water partition coefficient (Wildman–Crippen LogP) is 2.14. The average molecular weight is 231 g/mol. The van der Waals surface area contributed by atoms with Crippen LogP contribution in [0.3, 0.4) is 0 Å². The number of thiophene rings is 1. The number of hydrogen-bond acceptors (Lipinski definition) is 7. The SMILES string of the molecule is N#CSc1sc([N+](=O)[O-])cc1[N+](=O)[O-]. The summed E-state index contributed by atoms with van der Waals surface area (Å²) >= 11 is 1.17. The largest absolute Gasteiger partial charge is 0.332 e. The molecule has 0 aliphatic carbocycles. The van der Waals surface area contributed by atoms with Crippen LogP contribution in [0, 0.1) is 30.9 Å². The molecule has 1 aromatic heterocycles. The molecule has 0 radical (unpaired) electrons. The fraction of sp³-hybridized carbons (Fsp3) is 0. The van der Waals surface area contributed by atoms with Gasteiger partial charge in [0, 0.05) is 11.8 Å². The van der Waals surface area contributed by atoms with Crippen molar-refractivity contribution in [1.29, 1.82) is 5.26 Å². The van der Waals surface area contributed by atoms with Crippen molar-refractivity contribution in [2.45, 2.75) is 4.21 Å². The van der Waals surface area contributed by atoms with E-state index in [0.29, 0.717) is 23.1 Å². The standard InChI is InChI=1S/C5HN3O4S2/c6-2-13-5-3(7(9)10)1-4(14-5)8(11)12/h1H. The molecule has 9 heteroatoms. The highest BCUT2D eigenvalue weighted by Crippen LogP contribution is 2.40. The zero-order chi connectivity index (χ0) is 10.7. The van der Waals surface area contributed by atoms with Gasteiger partial charge in [-0.25, -0.2) is 0 Å². The van der Waals surface area contributed by atoms with Gasteiger partial charge in [0.05, 0.1) is 9.85 Å². The molecule has 0 aliphatic heterocycles. The third kappa shape index (κ3) is 1.98. The second kappa shape index (κ2) is 4.03. The Morgan fingerprint density at radius 2 is 2.07 bits per heavy atom. The number of rotatable bonds is 3. The van der Waals surface area contributed by atoms with E-state index in [9.17, 15) is 20.2 Å². The Balaban J connectivity index is 3.20. The third-order valence-corrected chi connectivity index (χ3v) is 3.04. The molecule has 1 rings (SSSR count). The summed E-state index contributed by atoms with van der Waals surface area (Å²) in [5.74, 6) is 0. The molecule has 0 aliphatic rings.